The van der Waals surface area contributed by atoms with E-state index in [-0.39, 0.29) is 18.1 Å². The predicted molar refractivity (Wildman–Crippen MR) is 130 cm³/mol. The lowest BCUT2D eigenvalue weighted by Gasteiger charge is -2.36. The number of Topliss-reactive ketones (excluding diaryl/α,β-unsaturated/α-hetero) is 1. The molecule has 0 heterocycles. The van der Waals surface area contributed by atoms with Gasteiger partial charge in [0.15, 0.2) is 5.78 Å². The minimum absolute atomic E-state index is 0.119. The van der Waals surface area contributed by atoms with Gasteiger partial charge in [-0.15, -0.1) is 0 Å². The van der Waals surface area contributed by atoms with Gasteiger partial charge in [0.2, 0.25) is 11.8 Å². The molecule has 1 rings (SSSR count). The van der Waals surface area contributed by atoms with Crippen molar-refractivity contribution in [1.29, 1.82) is 0 Å². The summed E-state index contributed by atoms with van der Waals surface area (Å²) in [6, 6.07) is 9.59. The van der Waals surface area contributed by atoms with Gasteiger partial charge < -0.3 is 0 Å². The first kappa shape index (κ1) is 27.9. The molecule has 1 aromatic carbocycles. The summed E-state index contributed by atoms with van der Waals surface area (Å²) in [7, 11) is 0. The highest BCUT2D eigenvalue weighted by atomic mass is 32.2. The molecule has 0 aromatic heterocycles. The average molecular weight is 464 g/mol. The Bertz CT molecular complexity index is 772. The van der Waals surface area contributed by atoms with Gasteiger partial charge in [-0.3, -0.25) is 25.0 Å². The first-order valence-electron chi connectivity index (χ1n) is 11.0. The van der Waals surface area contributed by atoms with Gasteiger partial charge >= 0.3 is 0 Å². The van der Waals surface area contributed by atoms with Crippen LogP contribution in [0.5, 0.6) is 0 Å². The van der Waals surface area contributed by atoms with Crippen molar-refractivity contribution in [1.82, 2.24) is 10.9 Å². The van der Waals surface area contributed by atoms with Crippen molar-refractivity contribution in [3.05, 3.63) is 42.0 Å². The van der Waals surface area contributed by atoms with Crippen LogP contribution in [0.2, 0.25) is 0 Å². The lowest BCUT2D eigenvalue weighted by atomic mass is 9.69. The maximum Gasteiger partial charge on any atom is 0.248 e. The number of amides is 2. The summed E-state index contributed by atoms with van der Waals surface area (Å²) in [5.74, 6) is 3.28. The van der Waals surface area contributed by atoms with E-state index < -0.39 is 28.4 Å². The summed E-state index contributed by atoms with van der Waals surface area (Å²) in [4.78, 5) is 39.5. The molecule has 8 heteroatoms. The first-order valence-corrected chi connectivity index (χ1v) is 12.3. The molecule has 0 bridgehead atoms. The summed E-state index contributed by atoms with van der Waals surface area (Å²) in [6.45, 7) is 5.92. The van der Waals surface area contributed by atoms with Gasteiger partial charge in [-0.1, -0.05) is 76.1 Å². The van der Waals surface area contributed by atoms with E-state index >= 15 is 0 Å². The van der Waals surface area contributed by atoms with E-state index in [1.54, 1.807) is 11.7 Å². The van der Waals surface area contributed by atoms with Crippen LogP contribution in [0.4, 0.5) is 0 Å². The van der Waals surface area contributed by atoms with E-state index in [0.29, 0.717) is 19.3 Å². The van der Waals surface area contributed by atoms with Crippen molar-refractivity contribution in [3.8, 4) is 0 Å². The molecule has 4 atom stereocenters. The molecule has 1 aromatic rings. The fraction of sp³-hybridized carbons (Fsp3) is 0.542. The van der Waals surface area contributed by atoms with Crippen molar-refractivity contribution in [2.75, 3.05) is 6.26 Å². The number of hydrogen-bond donors (Lipinski definition) is 4. The molecule has 5 N–H and O–H groups in total. The van der Waals surface area contributed by atoms with E-state index in [1.165, 1.54) is 11.8 Å². The zero-order chi connectivity index (χ0) is 24.1. The number of thioether (sulfide) groups is 1. The highest BCUT2D eigenvalue weighted by molar-refractivity contribution is 8.00. The molecule has 0 aliphatic carbocycles. The molecule has 2 unspecified atom stereocenters. The number of hydrogen-bond acceptors (Lipinski definition) is 6. The number of benzene rings is 1. The normalized spacial score (nSPS) is 16.1. The van der Waals surface area contributed by atoms with Crippen LogP contribution < -0.4 is 16.7 Å². The molecular formula is C24H37N3O4S. The Morgan fingerprint density at radius 2 is 1.88 bits per heavy atom. The van der Waals surface area contributed by atoms with Crippen LogP contribution >= 0.6 is 11.8 Å². The van der Waals surface area contributed by atoms with Crippen LogP contribution in [0.15, 0.2) is 36.4 Å². The van der Waals surface area contributed by atoms with Gasteiger partial charge in [0.1, 0.15) is 5.41 Å². The topological polar surface area (TPSA) is 122 Å². The number of rotatable bonds is 14. The number of ketones is 1. The lowest BCUT2D eigenvalue weighted by molar-refractivity contribution is -0.146. The molecule has 0 aliphatic rings. The van der Waals surface area contributed by atoms with E-state index in [2.05, 4.69) is 5.43 Å². The fourth-order valence-electron chi connectivity index (χ4n) is 4.04. The van der Waals surface area contributed by atoms with E-state index in [0.717, 1.165) is 12.0 Å². The molecule has 0 fully saturated rings. The van der Waals surface area contributed by atoms with Crippen LogP contribution in [0, 0.1) is 17.3 Å². The maximum absolute atomic E-state index is 13.9. The molecule has 178 valence electrons. The van der Waals surface area contributed by atoms with Crippen LogP contribution in [0.3, 0.4) is 0 Å². The number of allylic oxidation sites excluding steroid dienone is 1. The van der Waals surface area contributed by atoms with Gasteiger partial charge in [0.25, 0.3) is 0 Å². The Morgan fingerprint density at radius 1 is 1.22 bits per heavy atom. The monoisotopic (exact) mass is 463 g/mol. The Labute approximate surface area is 195 Å². The smallest absolute Gasteiger partial charge is 0.248 e. The van der Waals surface area contributed by atoms with Crippen LogP contribution in [-0.2, 0) is 14.4 Å². The van der Waals surface area contributed by atoms with E-state index in [1.807, 2.05) is 63.3 Å². The molecule has 32 heavy (non-hydrogen) atoms. The molecule has 0 spiro atoms. The third kappa shape index (κ3) is 7.18. The Balaban J connectivity index is 3.34. The third-order valence-electron chi connectivity index (χ3n) is 5.93. The van der Waals surface area contributed by atoms with Crippen LogP contribution in [0.1, 0.15) is 58.4 Å². The quantitative estimate of drug-likeness (QED) is 0.110. The lowest BCUT2D eigenvalue weighted by Crippen LogP contribution is -2.54. The Kier molecular flexibility index (Phi) is 12.3. The average Bonchev–Trinajstić information content (AvgIpc) is 2.82. The van der Waals surface area contributed by atoms with Crippen molar-refractivity contribution >= 4 is 35.4 Å². The van der Waals surface area contributed by atoms with E-state index in [4.69, 9.17) is 5.84 Å². The fourth-order valence-corrected chi connectivity index (χ4v) is 5.04. The van der Waals surface area contributed by atoms with Crippen LogP contribution in [0.25, 0.3) is 6.08 Å². The highest BCUT2D eigenvalue weighted by Gasteiger charge is 2.50. The molecule has 0 saturated heterocycles. The van der Waals surface area contributed by atoms with Crippen LogP contribution in [-0.4, -0.2) is 34.3 Å². The maximum atomic E-state index is 13.9. The zero-order valence-corrected chi connectivity index (χ0v) is 20.3. The number of nitrogens with two attached hydrogens (primary N) is 1. The van der Waals surface area contributed by atoms with Crippen molar-refractivity contribution in [2.24, 2.45) is 23.1 Å². The molecule has 0 saturated carbocycles. The minimum atomic E-state index is -1.33. The Morgan fingerprint density at radius 3 is 2.38 bits per heavy atom. The number of carbonyl (C=O) groups excluding carboxylic acids is 3. The second kappa shape index (κ2) is 14.1. The largest absolute Gasteiger partial charge is 0.297 e. The number of carbonyl (C=O) groups is 3. The zero-order valence-electron chi connectivity index (χ0n) is 19.5. The summed E-state index contributed by atoms with van der Waals surface area (Å²) >= 11 is 1.22. The minimum Gasteiger partial charge on any atom is -0.297 e. The first-order chi connectivity index (χ1) is 15.3. The summed E-state index contributed by atoms with van der Waals surface area (Å²) < 4.78 is 0. The van der Waals surface area contributed by atoms with Gasteiger partial charge in [0, 0.05) is 0 Å². The Hall–Kier alpha value is -2.16. The van der Waals surface area contributed by atoms with Gasteiger partial charge in [-0.2, -0.15) is 11.8 Å². The van der Waals surface area contributed by atoms with Gasteiger partial charge in [-0.25, -0.2) is 11.3 Å². The van der Waals surface area contributed by atoms with Crippen molar-refractivity contribution in [2.45, 2.75) is 58.1 Å². The van der Waals surface area contributed by atoms with Crippen molar-refractivity contribution < 1.29 is 19.6 Å². The molecule has 0 radical (unpaired) electrons. The summed E-state index contributed by atoms with van der Waals surface area (Å²) in [5.41, 5.74) is 3.52. The highest BCUT2D eigenvalue weighted by Crippen LogP contribution is 2.40. The predicted octanol–water partition coefficient (Wildman–Crippen LogP) is 3.72. The number of nitrogens with one attached hydrogen (secondary N) is 2. The standard InChI is InChI=1S/C24H37N3O4S/c1-5-15-24(23(30)26-25,16-17(3)6-2)21(28)20(32-4)19(22(29)27-31)14-10-13-18-11-8-7-9-12-18/h7-13,17,19-20,31H,5-6,14-16,25H2,1-4H3,(H,26,30)(H,27,29)/t17?,19-,20-,24?/m1/s1. The van der Waals surface area contributed by atoms with Crippen molar-refractivity contribution in [3.63, 3.8) is 0 Å². The third-order valence-corrected chi connectivity index (χ3v) is 6.98. The second-order valence-corrected chi connectivity index (χ2v) is 9.15. The summed E-state index contributed by atoms with van der Waals surface area (Å²) in [6.07, 6.45) is 7.75. The van der Waals surface area contributed by atoms with Gasteiger partial charge in [-0.05, 0) is 37.0 Å². The second-order valence-electron chi connectivity index (χ2n) is 8.17. The molecule has 2 amide bonds. The number of hydrazine groups is 1. The SMILES string of the molecule is CCCC(CC(C)CC)(C(=O)NN)C(=O)[C@H](SC)[C@@H](CC=Cc1ccccc1)C(=O)NO. The summed E-state index contributed by atoms with van der Waals surface area (Å²) in [5, 5.41) is 8.53. The molecule has 7 nitrogen and oxygen atoms in total. The van der Waals surface area contributed by atoms with Gasteiger partial charge in [0.05, 0.1) is 11.2 Å². The van der Waals surface area contributed by atoms with E-state index in [9.17, 15) is 19.6 Å². The number of hydroxylamine groups is 1. The molecular weight excluding hydrogens is 426 g/mol. The molecule has 0 aliphatic heterocycles.